The van der Waals surface area contributed by atoms with E-state index in [4.69, 9.17) is 0 Å². The lowest BCUT2D eigenvalue weighted by Crippen LogP contribution is -2.40. The van der Waals surface area contributed by atoms with Crippen LogP contribution in [0.15, 0.2) is 42.6 Å². The van der Waals surface area contributed by atoms with Gasteiger partial charge >= 0.3 is 0 Å². The molecule has 1 atom stereocenters. The van der Waals surface area contributed by atoms with Gasteiger partial charge in [0.15, 0.2) is 0 Å². The van der Waals surface area contributed by atoms with E-state index in [0.29, 0.717) is 12.2 Å². The number of carbonyl (C=O) groups is 1. The lowest BCUT2D eigenvalue weighted by molar-refractivity contribution is 0.0980. The van der Waals surface area contributed by atoms with Crippen LogP contribution in [-0.2, 0) is 6.54 Å². The largest absolute Gasteiger partial charge is 0.308 e. The summed E-state index contributed by atoms with van der Waals surface area (Å²) in [7, 11) is 0. The molecule has 0 bridgehead atoms. The van der Waals surface area contributed by atoms with Gasteiger partial charge in [-0.15, -0.1) is 0 Å². The number of hydrogen-bond donors (Lipinski definition) is 1. The highest BCUT2D eigenvalue weighted by atomic mass is 16.2. The van der Waals surface area contributed by atoms with Crippen LogP contribution in [0.4, 0.5) is 5.69 Å². The Kier molecular flexibility index (Phi) is 3.71. The number of amides is 1. The Balaban J connectivity index is 2.04. The van der Waals surface area contributed by atoms with Crippen LogP contribution >= 0.6 is 0 Å². The number of fused-ring (bicyclic) bond motifs is 1. The number of para-hydroxylation sites is 1. The maximum absolute atomic E-state index is 12.9. The molecule has 4 nitrogen and oxygen atoms in total. The molecule has 0 aliphatic carbocycles. The minimum absolute atomic E-state index is 0.0314. The second-order valence-electron chi connectivity index (χ2n) is 5.50. The van der Waals surface area contributed by atoms with Crippen LogP contribution in [0.2, 0.25) is 0 Å². The Morgan fingerprint density at radius 3 is 2.90 bits per heavy atom. The number of benzene rings is 1. The molecule has 1 unspecified atom stereocenters. The van der Waals surface area contributed by atoms with Gasteiger partial charge in [0.25, 0.3) is 5.91 Å². The summed E-state index contributed by atoms with van der Waals surface area (Å²) in [5.41, 5.74) is 3.56. The van der Waals surface area contributed by atoms with E-state index in [2.05, 4.69) is 23.3 Å². The average molecular weight is 281 g/mol. The molecule has 1 N–H and O–H groups in total. The number of nitrogens with zero attached hydrogens (tertiary/aromatic N) is 2. The molecule has 0 radical (unpaired) electrons. The second-order valence-corrected chi connectivity index (χ2v) is 5.50. The van der Waals surface area contributed by atoms with Crippen LogP contribution in [0.25, 0.3) is 0 Å². The van der Waals surface area contributed by atoms with Crippen molar-refractivity contribution >= 4 is 11.6 Å². The molecule has 3 rings (SSSR count). The van der Waals surface area contributed by atoms with E-state index in [9.17, 15) is 4.79 Å². The van der Waals surface area contributed by atoms with Gasteiger partial charge in [0.2, 0.25) is 0 Å². The van der Waals surface area contributed by atoms with E-state index in [1.807, 2.05) is 42.2 Å². The smallest absolute Gasteiger partial charge is 0.277 e. The Morgan fingerprint density at radius 1 is 1.29 bits per heavy atom. The van der Waals surface area contributed by atoms with Gasteiger partial charge in [-0.3, -0.25) is 9.78 Å². The normalized spacial score (nSPS) is 18.0. The van der Waals surface area contributed by atoms with Gasteiger partial charge in [-0.05, 0) is 37.1 Å². The van der Waals surface area contributed by atoms with Crippen LogP contribution in [0, 0.1) is 6.92 Å². The van der Waals surface area contributed by atoms with Crippen LogP contribution in [-0.4, -0.2) is 23.5 Å². The summed E-state index contributed by atoms with van der Waals surface area (Å²) < 4.78 is 0. The van der Waals surface area contributed by atoms with Crippen molar-refractivity contribution in [2.75, 3.05) is 11.4 Å². The summed E-state index contributed by atoms with van der Waals surface area (Å²) in [4.78, 5) is 19.0. The maximum Gasteiger partial charge on any atom is 0.277 e. The fourth-order valence-electron chi connectivity index (χ4n) is 2.67. The Morgan fingerprint density at radius 2 is 2.10 bits per heavy atom. The maximum atomic E-state index is 12.9. The standard InChI is InChI=1S/C17H19N3O/c1-12-6-5-9-18-16(12)17(21)20-11-13(2)19-10-14-7-3-4-8-15(14)20/h3-9,13,19H,10-11H2,1-2H3. The first-order chi connectivity index (χ1) is 10.2. The van der Waals surface area contributed by atoms with Crippen LogP contribution in [0.5, 0.6) is 0 Å². The third kappa shape index (κ3) is 2.67. The predicted molar refractivity (Wildman–Crippen MR) is 83.4 cm³/mol. The predicted octanol–water partition coefficient (Wildman–Crippen LogP) is 2.53. The molecular weight excluding hydrogens is 262 g/mol. The summed E-state index contributed by atoms with van der Waals surface area (Å²) in [5, 5.41) is 3.44. The molecule has 1 aliphatic heterocycles. The van der Waals surface area contributed by atoms with Crippen LogP contribution in [0.3, 0.4) is 0 Å². The molecule has 1 aromatic carbocycles. The van der Waals surface area contributed by atoms with Crippen molar-refractivity contribution in [1.29, 1.82) is 0 Å². The van der Waals surface area contributed by atoms with Gasteiger partial charge in [-0.25, -0.2) is 0 Å². The molecule has 0 saturated heterocycles. The van der Waals surface area contributed by atoms with E-state index in [0.717, 1.165) is 23.4 Å². The number of rotatable bonds is 1. The van der Waals surface area contributed by atoms with E-state index in [-0.39, 0.29) is 11.9 Å². The fourth-order valence-corrected chi connectivity index (χ4v) is 2.67. The average Bonchev–Trinajstić information content (AvgIpc) is 2.67. The number of aryl methyl sites for hydroxylation is 1. The zero-order chi connectivity index (χ0) is 14.8. The van der Waals surface area contributed by atoms with Gasteiger partial charge in [-0.1, -0.05) is 24.3 Å². The van der Waals surface area contributed by atoms with Gasteiger partial charge in [0.05, 0.1) is 0 Å². The van der Waals surface area contributed by atoms with E-state index in [1.54, 1.807) is 6.20 Å². The van der Waals surface area contributed by atoms with Gasteiger partial charge in [0, 0.05) is 31.0 Å². The Bertz CT molecular complexity index is 669. The molecular formula is C17H19N3O. The van der Waals surface area contributed by atoms with E-state index in [1.165, 1.54) is 0 Å². The second kappa shape index (κ2) is 5.66. The van der Waals surface area contributed by atoms with Crippen LogP contribution in [0.1, 0.15) is 28.5 Å². The molecule has 1 amide bonds. The highest BCUT2D eigenvalue weighted by Crippen LogP contribution is 2.25. The van der Waals surface area contributed by atoms with Crippen LogP contribution < -0.4 is 10.2 Å². The lowest BCUT2D eigenvalue weighted by atomic mass is 10.1. The van der Waals surface area contributed by atoms with Gasteiger partial charge in [0.1, 0.15) is 5.69 Å². The summed E-state index contributed by atoms with van der Waals surface area (Å²) in [5.74, 6) is -0.0314. The molecule has 4 heteroatoms. The lowest BCUT2D eigenvalue weighted by Gasteiger charge is -2.24. The molecule has 0 fully saturated rings. The summed E-state index contributed by atoms with van der Waals surface area (Å²) in [6, 6.07) is 12.1. The quantitative estimate of drug-likeness (QED) is 0.873. The molecule has 1 aliphatic rings. The zero-order valence-electron chi connectivity index (χ0n) is 12.3. The summed E-state index contributed by atoms with van der Waals surface area (Å²) in [6.45, 7) is 5.44. The summed E-state index contributed by atoms with van der Waals surface area (Å²) in [6.07, 6.45) is 1.67. The molecule has 0 saturated carbocycles. The molecule has 2 aromatic rings. The van der Waals surface area contributed by atoms with Crippen molar-refractivity contribution in [3.63, 3.8) is 0 Å². The molecule has 1 aromatic heterocycles. The minimum Gasteiger partial charge on any atom is -0.308 e. The van der Waals surface area contributed by atoms with Crippen molar-refractivity contribution in [1.82, 2.24) is 10.3 Å². The third-order valence-corrected chi connectivity index (χ3v) is 3.84. The highest BCUT2D eigenvalue weighted by molar-refractivity contribution is 6.06. The monoisotopic (exact) mass is 281 g/mol. The van der Waals surface area contributed by atoms with E-state index >= 15 is 0 Å². The molecule has 108 valence electrons. The first-order valence-electron chi connectivity index (χ1n) is 7.21. The first-order valence-corrected chi connectivity index (χ1v) is 7.21. The number of anilines is 1. The number of nitrogens with one attached hydrogen (secondary N) is 1. The first kappa shape index (κ1) is 13.8. The zero-order valence-corrected chi connectivity index (χ0v) is 12.3. The van der Waals surface area contributed by atoms with Crippen molar-refractivity contribution in [3.8, 4) is 0 Å². The minimum atomic E-state index is -0.0314. The molecule has 2 heterocycles. The number of carbonyl (C=O) groups excluding carboxylic acids is 1. The SMILES string of the molecule is Cc1cccnc1C(=O)N1CC(C)NCc2ccccc21. The van der Waals surface area contributed by atoms with Crippen molar-refractivity contribution in [3.05, 3.63) is 59.4 Å². The Hall–Kier alpha value is -2.20. The fraction of sp³-hybridized carbons (Fsp3) is 0.294. The van der Waals surface area contributed by atoms with E-state index < -0.39 is 0 Å². The topological polar surface area (TPSA) is 45.2 Å². The van der Waals surface area contributed by atoms with Crippen molar-refractivity contribution in [2.45, 2.75) is 26.4 Å². The van der Waals surface area contributed by atoms with Gasteiger partial charge < -0.3 is 10.2 Å². The number of hydrogen-bond acceptors (Lipinski definition) is 3. The summed E-state index contributed by atoms with van der Waals surface area (Å²) >= 11 is 0. The number of aromatic nitrogens is 1. The highest BCUT2D eigenvalue weighted by Gasteiger charge is 2.26. The molecule has 21 heavy (non-hydrogen) atoms. The van der Waals surface area contributed by atoms with Gasteiger partial charge in [-0.2, -0.15) is 0 Å². The van der Waals surface area contributed by atoms with Crippen molar-refractivity contribution < 1.29 is 4.79 Å². The van der Waals surface area contributed by atoms with Crippen molar-refractivity contribution in [2.24, 2.45) is 0 Å². The third-order valence-electron chi connectivity index (χ3n) is 3.84. The number of pyridine rings is 1. The Labute approximate surface area is 124 Å². The molecule has 0 spiro atoms.